The van der Waals surface area contributed by atoms with Gasteiger partial charge in [0.15, 0.2) is 15.1 Å². The average Bonchev–Trinajstić information content (AvgIpc) is 2.72. The maximum absolute atomic E-state index is 12.7. The van der Waals surface area contributed by atoms with Crippen LogP contribution in [-0.2, 0) is 25.8 Å². The smallest absolute Gasteiger partial charge is 0.241 e. The molecule has 30 heavy (non-hydrogen) atoms. The highest BCUT2D eigenvalue weighted by molar-refractivity contribution is 8.00. The molecular formula is C20H22ClN3O4S2. The van der Waals surface area contributed by atoms with E-state index in [4.69, 9.17) is 11.6 Å². The summed E-state index contributed by atoms with van der Waals surface area (Å²) in [5.41, 5.74) is 1.28. The normalized spacial score (nSPS) is 19.2. The summed E-state index contributed by atoms with van der Waals surface area (Å²) in [5, 5.41) is 7.42. The van der Waals surface area contributed by atoms with Gasteiger partial charge in [0, 0.05) is 17.3 Å². The molecular weight excluding hydrogens is 446 g/mol. The zero-order valence-electron chi connectivity index (χ0n) is 16.2. The van der Waals surface area contributed by atoms with Crippen LogP contribution < -0.4 is 16.0 Å². The highest BCUT2D eigenvalue weighted by Crippen LogP contribution is 2.22. The Morgan fingerprint density at radius 1 is 1.23 bits per heavy atom. The second-order valence-electron chi connectivity index (χ2n) is 6.70. The fourth-order valence-electron chi connectivity index (χ4n) is 2.96. The molecule has 0 spiro atoms. The number of aryl methyl sites for hydroxylation is 1. The van der Waals surface area contributed by atoms with Gasteiger partial charge in [0.1, 0.15) is 5.50 Å². The molecule has 0 saturated carbocycles. The van der Waals surface area contributed by atoms with Crippen molar-refractivity contribution >= 4 is 50.7 Å². The summed E-state index contributed by atoms with van der Waals surface area (Å²) in [6.45, 7) is 1.98. The van der Waals surface area contributed by atoms with Crippen molar-refractivity contribution in [3.8, 4) is 0 Å². The number of amides is 2. The van der Waals surface area contributed by atoms with Gasteiger partial charge in [0.2, 0.25) is 11.8 Å². The number of sulfone groups is 1. The third kappa shape index (κ3) is 5.54. The molecule has 2 amide bonds. The summed E-state index contributed by atoms with van der Waals surface area (Å²) in [6, 6.07) is 13.4. The van der Waals surface area contributed by atoms with Crippen LogP contribution >= 0.6 is 23.4 Å². The van der Waals surface area contributed by atoms with Crippen LogP contribution in [0.2, 0.25) is 5.02 Å². The van der Waals surface area contributed by atoms with Crippen LogP contribution in [0.3, 0.4) is 0 Å². The molecule has 1 saturated heterocycles. The van der Waals surface area contributed by atoms with Crippen molar-refractivity contribution in [1.82, 2.24) is 10.6 Å². The minimum absolute atomic E-state index is 0.00302. The van der Waals surface area contributed by atoms with Gasteiger partial charge in [-0.05, 0) is 42.3 Å². The van der Waals surface area contributed by atoms with Crippen molar-refractivity contribution in [3.05, 3.63) is 59.1 Å². The summed E-state index contributed by atoms with van der Waals surface area (Å²) in [4.78, 5) is 24.6. The lowest BCUT2D eigenvalue weighted by molar-refractivity contribution is -0.122. The number of halogens is 1. The van der Waals surface area contributed by atoms with Gasteiger partial charge in [-0.15, -0.1) is 11.8 Å². The van der Waals surface area contributed by atoms with E-state index in [9.17, 15) is 18.0 Å². The number of rotatable bonds is 7. The van der Waals surface area contributed by atoms with Gasteiger partial charge in [0.05, 0.1) is 10.6 Å². The van der Waals surface area contributed by atoms with Gasteiger partial charge >= 0.3 is 0 Å². The number of carbonyl (C=O) groups is 2. The highest BCUT2D eigenvalue weighted by Gasteiger charge is 2.38. The summed E-state index contributed by atoms with van der Waals surface area (Å²) >= 11 is 7.05. The molecule has 1 fully saturated rings. The number of anilines is 1. The number of hydrogen-bond acceptors (Lipinski definition) is 6. The van der Waals surface area contributed by atoms with E-state index in [0.717, 1.165) is 12.0 Å². The van der Waals surface area contributed by atoms with E-state index in [0.29, 0.717) is 5.69 Å². The Balaban J connectivity index is 1.54. The lowest BCUT2D eigenvalue weighted by Gasteiger charge is -2.29. The standard InChI is InChI=1S/C20H22ClN3O4S2/c1-2-13-5-3-7-15(9-13)23-18(25)12-29-20-22-11-17(19(26)24-20)30(27,28)16-8-4-6-14(21)10-16/h3-10,17,20,22H,2,11-12H2,1H3,(H,23,25)(H,24,26). The number of carbonyl (C=O) groups excluding carboxylic acids is 2. The van der Waals surface area contributed by atoms with Gasteiger partial charge < -0.3 is 10.6 Å². The van der Waals surface area contributed by atoms with Crippen LogP contribution in [0.1, 0.15) is 12.5 Å². The Morgan fingerprint density at radius 2 is 2.00 bits per heavy atom. The largest absolute Gasteiger partial charge is 0.331 e. The maximum Gasteiger partial charge on any atom is 0.241 e. The molecule has 2 aromatic rings. The number of thioether (sulfide) groups is 1. The van der Waals surface area contributed by atoms with E-state index in [1.54, 1.807) is 6.07 Å². The highest BCUT2D eigenvalue weighted by atomic mass is 35.5. The van der Waals surface area contributed by atoms with Gasteiger partial charge in [0.25, 0.3) is 0 Å². The molecule has 2 atom stereocenters. The lowest BCUT2D eigenvalue weighted by Crippen LogP contribution is -2.59. The Hall–Kier alpha value is -2.07. The molecule has 0 bridgehead atoms. The second kappa shape index (κ2) is 9.82. The van der Waals surface area contributed by atoms with Crippen molar-refractivity contribution in [2.24, 2.45) is 0 Å². The summed E-state index contributed by atoms with van der Waals surface area (Å²) in [6.07, 6.45) is 0.871. The molecule has 0 aromatic heterocycles. The SMILES string of the molecule is CCc1cccc(NC(=O)CSC2NCC(S(=O)(=O)c3cccc(Cl)c3)C(=O)N2)c1. The van der Waals surface area contributed by atoms with Gasteiger partial charge in [-0.2, -0.15) is 0 Å². The molecule has 2 aromatic carbocycles. The Morgan fingerprint density at radius 3 is 2.70 bits per heavy atom. The first-order chi connectivity index (χ1) is 14.3. The van der Waals surface area contributed by atoms with E-state index in [-0.39, 0.29) is 28.1 Å². The summed E-state index contributed by atoms with van der Waals surface area (Å²) < 4.78 is 25.5. The van der Waals surface area contributed by atoms with E-state index in [2.05, 4.69) is 16.0 Å². The minimum Gasteiger partial charge on any atom is -0.331 e. The number of nitrogens with one attached hydrogen (secondary N) is 3. The van der Waals surface area contributed by atoms with Crippen LogP contribution in [0.25, 0.3) is 0 Å². The molecule has 0 aliphatic carbocycles. The number of hydrogen-bond donors (Lipinski definition) is 3. The maximum atomic E-state index is 12.7. The Bertz CT molecular complexity index is 1050. The molecule has 2 unspecified atom stereocenters. The third-order valence-electron chi connectivity index (χ3n) is 4.55. The van der Waals surface area contributed by atoms with Crippen LogP contribution in [-0.4, -0.2) is 43.3 Å². The molecule has 160 valence electrons. The van der Waals surface area contributed by atoms with Gasteiger partial charge in [-0.3, -0.25) is 14.9 Å². The third-order valence-corrected chi connectivity index (χ3v) is 7.88. The molecule has 10 heteroatoms. The quantitative estimate of drug-likeness (QED) is 0.577. The lowest BCUT2D eigenvalue weighted by atomic mass is 10.1. The monoisotopic (exact) mass is 467 g/mol. The van der Waals surface area contributed by atoms with Crippen molar-refractivity contribution in [2.75, 3.05) is 17.6 Å². The first-order valence-electron chi connectivity index (χ1n) is 9.33. The van der Waals surface area contributed by atoms with Crippen LogP contribution in [0.5, 0.6) is 0 Å². The van der Waals surface area contributed by atoms with Crippen molar-refractivity contribution < 1.29 is 18.0 Å². The Kier molecular flexibility index (Phi) is 7.41. The van der Waals surface area contributed by atoms with Gasteiger partial charge in [-0.25, -0.2) is 8.42 Å². The van der Waals surface area contributed by atoms with Crippen LogP contribution in [0.15, 0.2) is 53.4 Å². The van der Waals surface area contributed by atoms with E-state index in [1.165, 1.54) is 30.0 Å². The van der Waals surface area contributed by atoms with Crippen LogP contribution in [0, 0.1) is 0 Å². The molecule has 1 aliphatic rings. The van der Waals surface area contributed by atoms with Gasteiger partial charge in [-0.1, -0.05) is 36.7 Å². The van der Waals surface area contributed by atoms with Crippen molar-refractivity contribution in [2.45, 2.75) is 29.0 Å². The van der Waals surface area contributed by atoms with Crippen molar-refractivity contribution in [1.29, 1.82) is 0 Å². The molecule has 1 heterocycles. The zero-order valence-corrected chi connectivity index (χ0v) is 18.6. The van der Waals surface area contributed by atoms with Crippen molar-refractivity contribution in [3.63, 3.8) is 0 Å². The molecule has 3 N–H and O–H groups in total. The molecule has 3 rings (SSSR count). The summed E-state index contributed by atoms with van der Waals surface area (Å²) in [5.74, 6) is -0.722. The fraction of sp³-hybridized carbons (Fsp3) is 0.300. The molecule has 0 radical (unpaired) electrons. The number of benzene rings is 2. The first-order valence-corrected chi connectivity index (χ1v) is 12.3. The Labute approximate surface area is 184 Å². The van der Waals surface area contributed by atoms with Crippen LogP contribution in [0.4, 0.5) is 5.69 Å². The van der Waals surface area contributed by atoms with E-state index >= 15 is 0 Å². The molecule has 7 nitrogen and oxygen atoms in total. The predicted octanol–water partition coefficient (Wildman–Crippen LogP) is 2.42. The fourth-order valence-corrected chi connectivity index (χ4v) is 5.58. The summed E-state index contributed by atoms with van der Waals surface area (Å²) in [7, 11) is -3.88. The second-order valence-corrected chi connectivity index (χ2v) is 10.4. The molecule has 1 aliphatic heterocycles. The van der Waals surface area contributed by atoms with E-state index < -0.39 is 26.5 Å². The van der Waals surface area contributed by atoms with E-state index in [1.807, 2.05) is 31.2 Å². The predicted molar refractivity (Wildman–Crippen MR) is 119 cm³/mol. The topological polar surface area (TPSA) is 104 Å². The average molecular weight is 468 g/mol. The first kappa shape index (κ1) is 22.6. The minimum atomic E-state index is -3.88. The zero-order chi connectivity index (χ0) is 21.7.